The summed E-state index contributed by atoms with van der Waals surface area (Å²) in [7, 11) is 3.91. The fourth-order valence-corrected chi connectivity index (χ4v) is 1.66. The quantitative estimate of drug-likeness (QED) is 0.834. The van der Waals surface area contributed by atoms with Crippen molar-refractivity contribution in [1.29, 1.82) is 0 Å². The van der Waals surface area contributed by atoms with Crippen molar-refractivity contribution in [2.45, 2.75) is 6.54 Å². The lowest BCUT2D eigenvalue weighted by Gasteiger charge is -2.19. The highest BCUT2D eigenvalue weighted by atomic mass is 15.2. The number of nitrogens with two attached hydrogens (primary N) is 1. The number of aromatic nitrogens is 3. The molecule has 5 nitrogen and oxygen atoms in total. The summed E-state index contributed by atoms with van der Waals surface area (Å²) in [4.78, 5) is 6.05. The first-order valence-corrected chi connectivity index (χ1v) is 5.05. The van der Waals surface area contributed by atoms with E-state index in [-0.39, 0.29) is 0 Å². The topological polar surface area (TPSA) is 60.0 Å². The highest BCUT2D eigenvalue weighted by Crippen LogP contribution is 2.21. The van der Waals surface area contributed by atoms with Crippen molar-refractivity contribution < 1.29 is 0 Å². The molecule has 0 saturated carbocycles. The Morgan fingerprint density at radius 2 is 2.25 bits per heavy atom. The van der Waals surface area contributed by atoms with Gasteiger partial charge in [0.1, 0.15) is 0 Å². The number of anilines is 2. The summed E-state index contributed by atoms with van der Waals surface area (Å²) in [5.74, 6) is 0. The van der Waals surface area contributed by atoms with E-state index in [0.717, 1.165) is 17.8 Å². The Labute approximate surface area is 94.5 Å². The first kappa shape index (κ1) is 10.5. The zero-order valence-electron chi connectivity index (χ0n) is 9.46. The fraction of sp³-hybridized carbons (Fsp3) is 0.273. The molecule has 2 aromatic heterocycles. The number of hydrogen-bond donors (Lipinski definition) is 1. The minimum atomic E-state index is 0.689. The maximum atomic E-state index is 5.86. The van der Waals surface area contributed by atoms with Crippen LogP contribution < -0.4 is 10.6 Å². The summed E-state index contributed by atoms with van der Waals surface area (Å²) in [6, 6.07) is 1.91. The van der Waals surface area contributed by atoms with Crippen LogP contribution in [0.15, 0.2) is 30.9 Å². The molecule has 2 heterocycles. The van der Waals surface area contributed by atoms with Crippen molar-refractivity contribution in [2.24, 2.45) is 7.05 Å². The summed E-state index contributed by atoms with van der Waals surface area (Å²) in [5.41, 5.74) is 8.68. The van der Waals surface area contributed by atoms with E-state index in [9.17, 15) is 0 Å². The molecule has 0 unspecified atom stereocenters. The molecule has 0 fully saturated rings. The monoisotopic (exact) mass is 217 g/mol. The number of nitrogen functional groups attached to an aromatic ring is 1. The van der Waals surface area contributed by atoms with Crippen molar-refractivity contribution in [1.82, 2.24) is 14.8 Å². The van der Waals surface area contributed by atoms with Gasteiger partial charge in [-0.1, -0.05) is 0 Å². The van der Waals surface area contributed by atoms with Gasteiger partial charge in [-0.05, 0) is 6.07 Å². The van der Waals surface area contributed by atoms with Crippen LogP contribution in [0.25, 0.3) is 0 Å². The second-order valence-corrected chi connectivity index (χ2v) is 3.81. The van der Waals surface area contributed by atoms with Gasteiger partial charge in [0.15, 0.2) is 0 Å². The van der Waals surface area contributed by atoms with E-state index in [0.29, 0.717) is 5.69 Å². The third-order valence-electron chi connectivity index (χ3n) is 2.42. The lowest BCUT2D eigenvalue weighted by molar-refractivity contribution is 0.766. The molecule has 84 valence electrons. The molecule has 0 bridgehead atoms. The number of pyridine rings is 1. The van der Waals surface area contributed by atoms with Gasteiger partial charge in [0.25, 0.3) is 0 Å². The molecule has 0 aliphatic rings. The molecule has 0 saturated heterocycles. The average molecular weight is 217 g/mol. The third-order valence-corrected chi connectivity index (χ3v) is 2.42. The van der Waals surface area contributed by atoms with Crippen LogP contribution in [-0.4, -0.2) is 21.8 Å². The largest absolute Gasteiger partial charge is 0.396 e. The Bertz CT molecular complexity index is 477. The minimum absolute atomic E-state index is 0.689. The highest BCUT2D eigenvalue weighted by molar-refractivity contribution is 5.65. The molecule has 16 heavy (non-hydrogen) atoms. The van der Waals surface area contributed by atoms with E-state index < -0.39 is 0 Å². The summed E-state index contributed by atoms with van der Waals surface area (Å²) in [6.45, 7) is 0.780. The molecule has 2 rings (SSSR count). The SMILES string of the molecule is CN(Cc1cnn(C)c1)c1ccncc1N. The summed E-state index contributed by atoms with van der Waals surface area (Å²) in [5, 5.41) is 4.13. The zero-order valence-corrected chi connectivity index (χ0v) is 9.46. The Morgan fingerprint density at radius 3 is 2.88 bits per heavy atom. The third kappa shape index (κ3) is 2.13. The molecular formula is C11H15N5. The molecule has 5 heteroatoms. The average Bonchev–Trinajstić information content (AvgIpc) is 2.64. The van der Waals surface area contributed by atoms with Crippen LogP contribution >= 0.6 is 0 Å². The summed E-state index contributed by atoms with van der Waals surface area (Å²) < 4.78 is 1.79. The van der Waals surface area contributed by atoms with Gasteiger partial charge >= 0.3 is 0 Å². The van der Waals surface area contributed by atoms with E-state index in [4.69, 9.17) is 5.73 Å². The van der Waals surface area contributed by atoms with E-state index >= 15 is 0 Å². The number of rotatable bonds is 3. The second kappa shape index (κ2) is 4.22. The first-order chi connectivity index (χ1) is 7.66. The van der Waals surface area contributed by atoms with Crippen LogP contribution in [0.5, 0.6) is 0 Å². The van der Waals surface area contributed by atoms with Crippen LogP contribution in [0.2, 0.25) is 0 Å². The Balaban J connectivity index is 2.14. The standard InChI is InChI=1S/C11H15N5/c1-15(7-9-5-14-16(2)8-9)11-3-4-13-6-10(11)12/h3-6,8H,7,12H2,1-2H3. The van der Waals surface area contributed by atoms with Crippen LogP contribution in [0, 0.1) is 0 Å². The predicted octanol–water partition coefficient (Wildman–Crippen LogP) is 1.03. The Morgan fingerprint density at radius 1 is 1.44 bits per heavy atom. The molecule has 2 N–H and O–H groups in total. The molecule has 0 aliphatic carbocycles. The lowest BCUT2D eigenvalue weighted by atomic mass is 10.3. The second-order valence-electron chi connectivity index (χ2n) is 3.81. The van der Waals surface area contributed by atoms with E-state index in [1.807, 2.05) is 32.6 Å². The fourth-order valence-electron chi connectivity index (χ4n) is 1.66. The van der Waals surface area contributed by atoms with Gasteiger partial charge < -0.3 is 10.6 Å². The van der Waals surface area contributed by atoms with Gasteiger partial charge in [-0.15, -0.1) is 0 Å². The molecule has 0 amide bonds. The molecule has 0 radical (unpaired) electrons. The van der Waals surface area contributed by atoms with Crippen LogP contribution in [0.4, 0.5) is 11.4 Å². The van der Waals surface area contributed by atoms with E-state index in [2.05, 4.69) is 15.0 Å². The van der Waals surface area contributed by atoms with Crippen molar-refractivity contribution in [3.05, 3.63) is 36.4 Å². The van der Waals surface area contributed by atoms with E-state index in [1.165, 1.54) is 0 Å². The van der Waals surface area contributed by atoms with Crippen LogP contribution in [0.1, 0.15) is 5.56 Å². The Kier molecular flexibility index (Phi) is 2.76. The maximum Gasteiger partial charge on any atom is 0.0738 e. The summed E-state index contributed by atoms with van der Waals surface area (Å²) >= 11 is 0. The van der Waals surface area contributed by atoms with Gasteiger partial charge in [0.05, 0.1) is 23.8 Å². The molecule has 0 atom stereocenters. The molecular weight excluding hydrogens is 202 g/mol. The van der Waals surface area contributed by atoms with Gasteiger partial charge in [0.2, 0.25) is 0 Å². The molecule has 0 aromatic carbocycles. The van der Waals surface area contributed by atoms with Gasteiger partial charge in [-0.25, -0.2) is 0 Å². The van der Waals surface area contributed by atoms with Gasteiger partial charge in [-0.3, -0.25) is 9.67 Å². The minimum Gasteiger partial charge on any atom is -0.396 e. The van der Waals surface area contributed by atoms with Crippen molar-refractivity contribution >= 4 is 11.4 Å². The number of nitrogens with zero attached hydrogens (tertiary/aromatic N) is 4. The van der Waals surface area contributed by atoms with Crippen LogP contribution in [0.3, 0.4) is 0 Å². The molecule has 0 spiro atoms. The van der Waals surface area contributed by atoms with Gasteiger partial charge in [-0.2, -0.15) is 5.10 Å². The van der Waals surface area contributed by atoms with Gasteiger partial charge in [0, 0.05) is 38.6 Å². The zero-order chi connectivity index (χ0) is 11.5. The predicted molar refractivity (Wildman–Crippen MR) is 64.0 cm³/mol. The van der Waals surface area contributed by atoms with Crippen molar-refractivity contribution in [3.63, 3.8) is 0 Å². The Hall–Kier alpha value is -2.04. The maximum absolute atomic E-state index is 5.86. The number of aryl methyl sites for hydroxylation is 1. The van der Waals surface area contributed by atoms with Crippen molar-refractivity contribution in [2.75, 3.05) is 17.7 Å². The first-order valence-electron chi connectivity index (χ1n) is 5.05. The molecule has 0 aliphatic heterocycles. The highest BCUT2D eigenvalue weighted by Gasteiger charge is 2.06. The number of hydrogen-bond acceptors (Lipinski definition) is 4. The summed E-state index contributed by atoms with van der Waals surface area (Å²) in [6.07, 6.45) is 7.25. The van der Waals surface area contributed by atoms with E-state index in [1.54, 1.807) is 17.1 Å². The normalized spacial score (nSPS) is 10.4. The smallest absolute Gasteiger partial charge is 0.0738 e. The van der Waals surface area contributed by atoms with Crippen molar-refractivity contribution in [3.8, 4) is 0 Å². The molecule has 2 aromatic rings. The van der Waals surface area contributed by atoms with Crippen LogP contribution in [-0.2, 0) is 13.6 Å². The lowest BCUT2D eigenvalue weighted by Crippen LogP contribution is -2.17.